The van der Waals surface area contributed by atoms with Crippen molar-refractivity contribution >= 4 is 57.5 Å². The number of rotatable bonds is 6. The predicted molar refractivity (Wildman–Crippen MR) is 132 cm³/mol. The molecule has 4 aromatic rings. The molecule has 1 aromatic heterocycles. The number of carbonyl (C=O) groups excluding carboxylic acids is 1. The van der Waals surface area contributed by atoms with Crippen LogP contribution in [0, 0.1) is 6.92 Å². The summed E-state index contributed by atoms with van der Waals surface area (Å²) in [5, 5.41) is 11.0. The Morgan fingerprint density at radius 3 is 2.44 bits per heavy atom. The zero-order valence-electron chi connectivity index (χ0n) is 17.5. The maximum absolute atomic E-state index is 12.4. The van der Waals surface area contributed by atoms with Crippen molar-refractivity contribution in [1.82, 2.24) is 9.97 Å². The number of nitrogens with one attached hydrogen (secondary N) is 3. The standard InChI is InChI=1S/C24H21Cl2N5O/c1-14-3-10-21-18(11-14)22(31-24(27-2)30-21)28-13-15-4-7-17(8-5-15)29-23(32)16-6-9-19(25)20(26)12-16/h3-12H,13H2,1-2H3,(H,29,32)(H2,27,28,30,31). The van der Waals surface area contributed by atoms with Crippen LogP contribution in [0.3, 0.4) is 0 Å². The summed E-state index contributed by atoms with van der Waals surface area (Å²) in [4.78, 5) is 21.5. The number of aromatic nitrogens is 2. The van der Waals surface area contributed by atoms with Crippen molar-refractivity contribution in [3.05, 3.63) is 87.4 Å². The number of halogens is 2. The van der Waals surface area contributed by atoms with Gasteiger partial charge < -0.3 is 16.0 Å². The molecule has 1 heterocycles. The highest BCUT2D eigenvalue weighted by molar-refractivity contribution is 6.42. The van der Waals surface area contributed by atoms with Crippen LogP contribution in [0.2, 0.25) is 10.0 Å². The Bertz CT molecular complexity index is 1290. The Balaban J connectivity index is 1.46. The first-order chi connectivity index (χ1) is 15.4. The van der Waals surface area contributed by atoms with Gasteiger partial charge in [0.1, 0.15) is 5.82 Å². The molecule has 0 radical (unpaired) electrons. The number of aryl methyl sites for hydroxylation is 1. The molecule has 0 aliphatic carbocycles. The monoisotopic (exact) mass is 465 g/mol. The van der Waals surface area contributed by atoms with Crippen LogP contribution < -0.4 is 16.0 Å². The van der Waals surface area contributed by atoms with Gasteiger partial charge in [-0.1, -0.05) is 47.0 Å². The lowest BCUT2D eigenvalue weighted by Crippen LogP contribution is -2.12. The number of amides is 1. The van der Waals surface area contributed by atoms with Crippen molar-refractivity contribution in [3.8, 4) is 0 Å². The smallest absolute Gasteiger partial charge is 0.255 e. The summed E-state index contributed by atoms with van der Waals surface area (Å²) >= 11 is 11.9. The Labute approximate surface area is 196 Å². The fourth-order valence-electron chi connectivity index (χ4n) is 3.22. The number of benzene rings is 3. The van der Waals surface area contributed by atoms with Crippen molar-refractivity contribution in [2.75, 3.05) is 23.0 Å². The second kappa shape index (κ2) is 9.42. The van der Waals surface area contributed by atoms with Crippen molar-refractivity contribution in [1.29, 1.82) is 0 Å². The largest absolute Gasteiger partial charge is 0.365 e. The van der Waals surface area contributed by atoms with E-state index in [-0.39, 0.29) is 5.91 Å². The molecular weight excluding hydrogens is 445 g/mol. The van der Waals surface area contributed by atoms with Crippen LogP contribution in [-0.2, 0) is 6.54 Å². The summed E-state index contributed by atoms with van der Waals surface area (Å²) in [5.41, 5.74) is 4.19. The van der Waals surface area contributed by atoms with Crippen LogP contribution in [-0.4, -0.2) is 22.9 Å². The average molecular weight is 466 g/mol. The third-order valence-corrected chi connectivity index (χ3v) is 5.67. The molecule has 0 saturated heterocycles. The lowest BCUT2D eigenvalue weighted by Gasteiger charge is -2.12. The molecule has 0 spiro atoms. The molecule has 3 N–H and O–H groups in total. The van der Waals surface area contributed by atoms with Gasteiger partial charge in [-0.15, -0.1) is 0 Å². The molecule has 0 unspecified atom stereocenters. The highest BCUT2D eigenvalue weighted by Crippen LogP contribution is 2.25. The SMILES string of the molecule is CNc1nc(NCc2ccc(NC(=O)c3ccc(Cl)c(Cl)c3)cc2)c2cc(C)ccc2n1. The summed E-state index contributed by atoms with van der Waals surface area (Å²) < 4.78 is 0. The number of anilines is 3. The molecule has 0 saturated carbocycles. The molecule has 32 heavy (non-hydrogen) atoms. The van der Waals surface area contributed by atoms with E-state index in [1.54, 1.807) is 25.2 Å². The second-order valence-corrected chi connectivity index (χ2v) is 8.11. The molecule has 6 nitrogen and oxygen atoms in total. The van der Waals surface area contributed by atoms with Crippen LogP contribution in [0.15, 0.2) is 60.7 Å². The zero-order valence-corrected chi connectivity index (χ0v) is 19.1. The molecule has 8 heteroatoms. The number of nitrogens with zero attached hydrogens (tertiary/aromatic N) is 2. The third-order valence-electron chi connectivity index (χ3n) is 4.93. The van der Waals surface area contributed by atoms with Gasteiger partial charge in [-0.2, -0.15) is 4.98 Å². The minimum atomic E-state index is -0.253. The van der Waals surface area contributed by atoms with Gasteiger partial charge >= 0.3 is 0 Å². The van der Waals surface area contributed by atoms with E-state index in [1.807, 2.05) is 43.3 Å². The van der Waals surface area contributed by atoms with Gasteiger partial charge in [-0.05, 0) is 55.0 Å². The molecule has 4 rings (SSSR count). The Hall–Kier alpha value is -3.35. The number of hydrogen-bond donors (Lipinski definition) is 3. The first-order valence-corrected chi connectivity index (χ1v) is 10.7. The van der Waals surface area contributed by atoms with Gasteiger partial charge in [-0.3, -0.25) is 4.79 Å². The van der Waals surface area contributed by atoms with E-state index in [4.69, 9.17) is 23.2 Å². The van der Waals surface area contributed by atoms with Gasteiger partial charge in [0.05, 0.1) is 15.6 Å². The average Bonchev–Trinajstić information content (AvgIpc) is 2.80. The molecule has 0 fully saturated rings. The molecule has 0 atom stereocenters. The van der Waals surface area contributed by atoms with E-state index in [1.165, 1.54) is 0 Å². The first-order valence-electron chi connectivity index (χ1n) is 9.98. The zero-order chi connectivity index (χ0) is 22.7. The topological polar surface area (TPSA) is 78.9 Å². The maximum Gasteiger partial charge on any atom is 0.255 e. The number of carbonyl (C=O) groups is 1. The predicted octanol–water partition coefficient (Wildman–Crippen LogP) is 6.15. The summed E-state index contributed by atoms with van der Waals surface area (Å²) in [6.07, 6.45) is 0. The van der Waals surface area contributed by atoms with Crippen molar-refractivity contribution < 1.29 is 4.79 Å². The second-order valence-electron chi connectivity index (χ2n) is 7.30. The Kier molecular flexibility index (Phi) is 6.44. The summed E-state index contributed by atoms with van der Waals surface area (Å²) in [5.74, 6) is 1.07. The van der Waals surface area contributed by atoms with Gasteiger partial charge in [0.25, 0.3) is 5.91 Å². The molecule has 162 valence electrons. The van der Waals surface area contributed by atoms with Crippen LogP contribution in [0.25, 0.3) is 10.9 Å². The van der Waals surface area contributed by atoms with E-state index < -0.39 is 0 Å². The fraction of sp³-hybridized carbons (Fsp3) is 0.125. The molecule has 0 aliphatic rings. The third kappa shape index (κ3) is 4.93. The van der Waals surface area contributed by atoms with Crippen LogP contribution in [0.1, 0.15) is 21.5 Å². The van der Waals surface area contributed by atoms with Crippen LogP contribution in [0.4, 0.5) is 17.5 Å². The van der Waals surface area contributed by atoms with E-state index in [9.17, 15) is 4.79 Å². The Morgan fingerprint density at radius 1 is 0.938 bits per heavy atom. The lowest BCUT2D eigenvalue weighted by atomic mass is 10.1. The minimum absolute atomic E-state index is 0.253. The first kappa shape index (κ1) is 21.9. The molecule has 0 bridgehead atoms. The maximum atomic E-state index is 12.4. The van der Waals surface area contributed by atoms with Gasteiger partial charge in [0.15, 0.2) is 0 Å². The highest BCUT2D eigenvalue weighted by Gasteiger charge is 2.10. The highest BCUT2D eigenvalue weighted by atomic mass is 35.5. The van der Waals surface area contributed by atoms with E-state index in [0.29, 0.717) is 33.8 Å². The van der Waals surface area contributed by atoms with Crippen LogP contribution in [0.5, 0.6) is 0 Å². The van der Waals surface area contributed by atoms with E-state index in [0.717, 1.165) is 27.8 Å². The molecule has 1 amide bonds. The van der Waals surface area contributed by atoms with E-state index >= 15 is 0 Å². The quantitative estimate of drug-likeness (QED) is 0.318. The lowest BCUT2D eigenvalue weighted by molar-refractivity contribution is 0.102. The summed E-state index contributed by atoms with van der Waals surface area (Å²) in [7, 11) is 1.80. The normalized spacial score (nSPS) is 10.8. The van der Waals surface area contributed by atoms with Gasteiger partial charge in [0, 0.05) is 30.2 Å². The molecule has 0 aliphatic heterocycles. The van der Waals surface area contributed by atoms with E-state index in [2.05, 4.69) is 32.0 Å². The number of fused-ring (bicyclic) bond motifs is 1. The van der Waals surface area contributed by atoms with Crippen molar-refractivity contribution in [2.24, 2.45) is 0 Å². The molecular formula is C24H21Cl2N5O. The van der Waals surface area contributed by atoms with Crippen molar-refractivity contribution in [2.45, 2.75) is 13.5 Å². The fourth-order valence-corrected chi connectivity index (χ4v) is 3.52. The van der Waals surface area contributed by atoms with Crippen LogP contribution >= 0.6 is 23.2 Å². The summed E-state index contributed by atoms with van der Waals surface area (Å²) in [6.45, 7) is 2.62. The van der Waals surface area contributed by atoms with Crippen molar-refractivity contribution in [3.63, 3.8) is 0 Å². The Morgan fingerprint density at radius 2 is 1.72 bits per heavy atom. The van der Waals surface area contributed by atoms with Gasteiger partial charge in [0.2, 0.25) is 5.95 Å². The number of hydrogen-bond acceptors (Lipinski definition) is 5. The van der Waals surface area contributed by atoms with Gasteiger partial charge in [-0.25, -0.2) is 4.98 Å². The minimum Gasteiger partial charge on any atom is -0.365 e. The molecule has 3 aromatic carbocycles. The summed E-state index contributed by atoms with van der Waals surface area (Å²) in [6, 6.07) is 18.5.